The maximum Gasteiger partial charge on any atom is 0.223 e. The molecule has 1 unspecified atom stereocenters. The second-order valence-corrected chi connectivity index (χ2v) is 8.64. The van der Waals surface area contributed by atoms with Crippen LogP contribution in [0.4, 0.5) is 14.7 Å². The number of anilines is 1. The summed E-state index contributed by atoms with van der Waals surface area (Å²) in [6.07, 6.45) is 4.97. The number of aliphatic hydroxyl groups is 1. The summed E-state index contributed by atoms with van der Waals surface area (Å²) in [5, 5.41) is 21.7. The van der Waals surface area contributed by atoms with E-state index in [4.69, 9.17) is 0 Å². The molecule has 34 heavy (non-hydrogen) atoms. The molecule has 8 nitrogen and oxygen atoms in total. The summed E-state index contributed by atoms with van der Waals surface area (Å²) in [6, 6.07) is 8.73. The van der Waals surface area contributed by atoms with E-state index in [1.807, 2.05) is 24.3 Å². The highest BCUT2D eigenvalue weighted by Gasteiger charge is 2.18. The van der Waals surface area contributed by atoms with E-state index in [1.54, 1.807) is 24.0 Å². The molecule has 0 aliphatic carbocycles. The lowest BCUT2D eigenvalue weighted by Gasteiger charge is -2.12. The number of aliphatic hydroxyl groups excluding tert-OH is 1. The van der Waals surface area contributed by atoms with Crippen molar-refractivity contribution in [2.45, 2.75) is 19.6 Å². The van der Waals surface area contributed by atoms with Gasteiger partial charge in [0.05, 0.1) is 29.9 Å². The van der Waals surface area contributed by atoms with E-state index < -0.39 is 17.9 Å². The number of fused-ring (bicyclic) bond motifs is 1. The van der Waals surface area contributed by atoms with E-state index >= 15 is 0 Å². The monoisotopic (exact) mass is 479 g/mol. The molecule has 5 aromatic rings. The molecule has 5 rings (SSSR count). The van der Waals surface area contributed by atoms with Crippen LogP contribution in [0.15, 0.2) is 55.1 Å². The molecule has 0 aliphatic rings. The van der Waals surface area contributed by atoms with Crippen LogP contribution in [0.25, 0.3) is 31.8 Å². The number of hydrogen-bond donors (Lipinski definition) is 2. The molecule has 0 aliphatic heterocycles. The third-order valence-electron chi connectivity index (χ3n) is 5.26. The van der Waals surface area contributed by atoms with Crippen LogP contribution in [0.2, 0.25) is 0 Å². The zero-order valence-corrected chi connectivity index (χ0v) is 18.8. The van der Waals surface area contributed by atoms with Gasteiger partial charge in [-0.1, -0.05) is 23.4 Å². The molecule has 1 atom stereocenters. The van der Waals surface area contributed by atoms with Crippen LogP contribution in [0.5, 0.6) is 0 Å². The largest absolute Gasteiger partial charge is 0.389 e. The molecule has 0 bridgehead atoms. The van der Waals surface area contributed by atoms with Gasteiger partial charge in [-0.25, -0.2) is 19.3 Å². The summed E-state index contributed by atoms with van der Waals surface area (Å²) in [5.41, 5.74) is 1.95. The maximum atomic E-state index is 14.7. The smallest absolute Gasteiger partial charge is 0.223 e. The number of thiophene rings is 1. The van der Waals surface area contributed by atoms with Crippen molar-refractivity contribution in [2.75, 3.05) is 11.9 Å². The Balaban J connectivity index is 1.51. The summed E-state index contributed by atoms with van der Waals surface area (Å²) in [4.78, 5) is 12.7. The van der Waals surface area contributed by atoms with Crippen LogP contribution in [-0.4, -0.2) is 41.6 Å². The van der Waals surface area contributed by atoms with Gasteiger partial charge in [-0.2, -0.15) is 4.39 Å². The van der Waals surface area contributed by atoms with Gasteiger partial charge in [-0.05, 0) is 23.9 Å². The topological polar surface area (TPSA) is 102 Å². The first-order valence-corrected chi connectivity index (χ1v) is 11.3. The maximum absolute atomic E-state index is 14.7. The third kappa shape index (κ3) is 4.35. The van der Waals surface area contributed by atoms with Gasteiger partial charge in [0, 0.05) is 40.8 Å². The Bertz CT molecular complexity index is 1450. The Labute approximate surface area is 197 Å². The number of halogens is 2. The van der Waals surface area contributed by atoms with Crippen molar-refractivity contribution in [1.29, 1.82) is 0 Å². The SMILES string of the molecule is CC(O)c1cnc(F)cc1-c1cccc2cc(-c3nc(NCCn4ccnn4)ncc3F)sc12. The van der Waals surface area contributed by atoms with Crippen LogP contribution in [0.1, 0.15) is 18.6 Å². The molecular formula is C23H19F2N7OS. The first-order valence-electron chi connectivity index (χ1n) is 10.5. The molecule has 1 aromatic carbocycles. The van der Waals surface area contributed by atoms with E-state index in [-0.39, 0.29) is 5.69 Å². The van der Waals surface area contributed by atoms with Gasteiger partial charge in [0.2, 0.25) is 11.9 Å². The van der Waals surface area contributed by atoms with Gasteiger partial charge in [-0.15, -0.1) is 16.4 Å². The van der Waals surface area contributed by atoms with Crippen molar-refractivity contribution in [1.82, 2.24) is 29.9 Å². The van der Waals surface area contributed by atoms with Crippen LogP contribution < -0.4 is 5.32 Å². The van der Waals surface area contributed by atoms with Crippen molar-refractivity contribution in [3.63, 3.8) is 0 Å². The summed E-state index contributed by atoms with van der Waals surface area (Å²) in [5.74, 6) is -0.895. The quantitative estimate of drug-likeness (QED) is 0.333. The second-order valence-electron chi connectivity index (χ2n) is 7.59. The zero-order valence-electron chi connectivity index (χ0n) is 18.0. The number of nitrogens with one attached hydrogen (secondary N) is 1. The number of hydrogen-bond acceptors (Lipinski definition) is 8. The lowest BCUT2D eigenvalue weighted by Crippen LogP contribution is -2.13. The molecule has 2 N–H and O–H groups in total. The normalized spacial score (nSPS) is 12.2. The van der Waals surface area contributed by atoms with E-state index in [0.29, 0.717) is 35.0 Å². The Morgan fingerprint density at radius 1 is 1.15 bits per heavy atom. The van der Waals surface area contributed by atoms with Crippen molar-refractivity contribution in [3.8, 4) is 21.7 Å². The minimum absolute atomic E-state index is 0.169. The van der Waals surface area contributed by atoms with Gasteiger partial charge >= 0.3 is 0 Å². The highest BCUT2D eigenvalue weighted by atomic mass is 32.1. The molecule has 0 amide bonds. The number of benzene rings is 1. The van der Waals surface area contributed by atoms with E-state index in [2.05, 4.69) is 30.6 Å². The van der Waals surface area contributed by atoms with E-state index in [0.717, 1.165) is 21.8 Å². The molecule has 0 spiro atoms. The lowest BCUT2D eigenvalue weighted by atomic mass is 9.98. The zero-order chi connectivity index (χ0) is 23.7. The minimum atomic E-state index is -0.830. The van der Waals surface area contributed by atoms with Gasteiger partial charge in [0.25, 0.3) is 0 Å². The summed E-state index contributed by atoms with van der Waals surface area (Å²) >= 11 is 1.34. The number of rotatable bonds is 7. The van der Waals surface area contributed by atoms with E-state index in [9.17, 15) is 13.9 Å². The average molecular weight is 480 g/mol. The van der Waals surface area contributed by atoms with Crippen LogP contribution in [0, 0.1) is 11.8 Å². The molecule has 0 saturated heterocycles. The Morgan fingerprint density at radius 2 is 2.03 bits per heavy atom. The average Bonchev–Trinajstić information content (AvgIpc) is 3.49. The highest BCUT2D eigenvalue weighted by Crippen LogP contribution is 2.41. The Kier molecular flexibility index (Phi) is 5.95. The molecule has 0 radical (unpaired) electrons. The van der Waals surface area contributed by atoms with Crippen molar-refractivity contribution >= 4 is 27.4 Å². The molecule has 0 fully saturated rings. The fourth-order valence-corrected chi connectivity index (χ4v) is 4.84. The Hall–Kier alpha value is -3.83. The van der Waals surface area contributed by atoms with Crippen molar-refractivity contribution < 1.29 is 13.9 Å². The van der Waals surface area contributed by atoms with Crippen LogP contribution in [0.3, 0.4) is 0 Å². The van der Waals surface area contributed by atoms with Crippen LogP contribution >= 0.6 is 11.3 Å². The van der Waals surface area contributed by atoms with Crippen molar-refractivity contribution in [3.05, 3.63) is 72.4 Å². The first-order chi connectivity index (χ1) is 16.5. The summed E-state index contributed by atoms with van der Waals surface area (Å²) in [7, 11) is 0. The predicted octanol–water partition coefficient (Wildman–Crippen LogP) is 4.46. The second kappa shape index (κ2) is 9.20. The standard InChI is InChI=1S/C23H19F2N7OS/c1-13(33)17-11-27-20(25)10-16(17)15-4-2-3-14-9-19(34-22(14)15)21-18(24)12-28-23(30-21)26-5-7-32-8-6-29-31-32/h2-4,6,8-13,33H,5,7H2,1H3,(H,26,28,30). The molecule has 4 aromatic heterocycles. The number of pyridine rings is 1. The van der Waals surface area contributed by atoms with E-state index in [1.165, 1.54) is 23.6 Å². The minimum Gasteiger partial charge on any atom is -0.389 e. The van der Waals surface area contributed by atoms with Gasteiger partial charge < -0.3 is 10.4 Å². The van der Waals surface area contributed by atoms with Gasteiger partial charge in [0.1, 0.15) is 5.69 Å². The third-order valence-corrected chi connectivity index (χ3v) is 6.45. The predicted molar refractivity (Wildman–Crippen MR) is 125 cm³/mol. The summed E-state index contributed by atoms with van der Waals surface area (Å²) < 4.78 is 31.2. The first kappa shape index (κ1) is 22.0. The lowest BCUT2D eigenvalue weighted by molar-refractivity contribution is 0.199. The molecule has 172 valence electrons. The van der Waals surface area contributed by atoms with Crippen molar-refractivity contribution in [2.24, 2.45) is 0 Å². The molecule has 0 saturated carbocycles. The Morgan fingerprint density at radius 3 is 2.82 bits per heavy atom. The summed E-state index contributed by atoms with van der Waals surface area (Å²) in [6.45, 7) is 2.64. The molecule has 11 heteroatoms. The van der Waals surface area contributed by atoms with Gasteiger partial charge in [0.15, 0.2) is 5.82 Å². The van der Waals surface area contributed by atoms with Crippen LogP contribution in [-0.2, 0) is 6.54 Å². The molecule has 4 heterocycles. The fraction of sp³-hybridized carbons (Fsp3) is 0.174. The number of aromatic nitrogens is 6. The fourth-order valence-electron chi connectivity index (χ4n) is 3.66. The number of nitrogens with zero attached hydrogens (tertiary/aromatic N) is 6. The van der Waals surface area contributed by atoms with Gasteiger partial charge in [-0.3, -0.25) is 4.68 Å². The molecular weight excluding hydrogens is 460 g/mol. The highest BCUT2D eigenvalue weighted by molar-refractivity contribution is 7.22.